The smallest absolute Gasteiger partial charge is 0.227 e. The second kappa shape index (κ2) is 7.25. The lowest BCUT2D eigenvalue weighted by molar-refractivity contribution is -0.126. The molecule has 0 spiro atoms. The first-order chi connectivity index (χ1) is 9.26. The topological polar surface area (TPSA) is 50.4 Å². The fourth-order valence-corrected chi connectivity index (χ4v) is 3.48. The zero-order chi connectivity index (χ0) is 13.7. The van der Waals surface area contributed by atoms with E-state index in [1.165, 1.54) is 32.1 Å². The number of ether oxygens (including phenoxy) is 1. The van der Waals surface area contributed by atoms with E-state index in [9.17, 15) is 4.79 Å². The van der Waals surface area contributed by atoms with Crippen LogP contribution in [0.2, 0.25) is 0 Å². The molecule has 3 unspecified atom stereocenters. The number of hydrogen-bond donors (Lipinski definition) is 2. The molecule has 1 amide bonds. The number of hydrogen-bond acceptors (Lipinski definition) is 3. The first-order valence-electron chi connectivity index (χ1n) is 7.81. The molecule has 1 aliphatic heterocycles. The predicted molar refractivity (Wildman–Crippen MR) is 76.0 cm³/mol. The van der Waals surface area contributed by atoms with Gasteiger partial charge in [-0.25, -0.2) is 0 Å². The summed E-state index contributed by atoms with van der Waals surface area (Å²) >= 11 is 0. The first kappa shape index (κ1) is 14.8. The average molecular weight is 268 g/mol. The maximum atomic E-state index is 12.4. The minimum atomic E-state index is -0.0253. The van der Waals surface area contributed by atoms with Gasteiger partial charge in [-0.2, -0.15) is 0 Å². The molecule has 2 aliphatic rings. The molecule has 0 aromatic carbocycles. The number of carbonyl (C=O) groups is 1. The van der Waals surface area contributed by atoms with Gasteiger partial charge in [0.15, 0.2) is 0 Å². The molecule has 19 heavy (non-hydrogen) atoms. The number of nitrogens with one attached hydrogen (secondary N) is 2. The summed E-state index contributed by atoms with van der Waals surface area (Å²) in [5, 5.41) is 6.46. The van der Waals surface area contributed by atoms with Gasteiger partial charge in [-0.15, -0.1) is 0 Å². The molecular formula is C15H28N2O2. The molecule has 4 heteroatoms. The molecule has 2 rings (SSSR count). The van der Waals surface area contributed by atoms with E-state index in [-0.39, 0.29) is 17.9 Å². The molecule has 2 N–H and O–H groups in total. The van der Waals surface area contributed by atoms with Gasteiger partial charge in [-0.05, 0) is 32.2 Å². The molecule has 3 atom stereocenters. The van der Waals surface area contributed by atoms with Crippen molar-refractivity contribution in [1.29, 1.82) is 0 Å². The van der Waals surface area contributed by atoms with Crippen molar-refractivity contribution in [2.45, 2.75) is 57.5 Å². The van der Waals surface area contributed by atoms with Crippen LogP contribution in [0.4, 0.5) is 0 Å². The van der Waals surface area contributed by atoms with Gasteiger partial charge in [0.25, 0.3) is 0 Å². The normalized spacial score (nSPS) is 30.2. The fourth-order valence-electron chi connectivity index (χ4n) is 3.48. The van der Waals surface area contributed by atoms with Crippen molar-refractivity contribution in [3.63, 3.8) is 0 Å². The number of rotatable bonds is 5. The maximum Gasteiger partial charge on any atom is 0.227 e. The van der Waals surface area contributed by atoms with Crippen molar-refractivity contribution in [3.05, 3.63) is 0 Å². The van der Waals surface area contributed by atoms with Crippen LogP contribution in [0, 0.1) is 11.8 Å². The van der Waals surface area contributed by atoms with Gasteiger partial charge >= 0.3 is 0 Å². The number of amides is 1. The summed E-state index contributed by atoms with van der Waals surface area (Å²) in [4.78, 5) is 12.4. The highest BCUT2D eigenvalue weighted by molar-refractivity contribution is 5.80. The van der Waals surface area contributed by atoms with E-state index < -0.39 is 0 Å². The van der Waals surface area contributed by atoms with Crippen LogP contribution >= 0.6 is 0 Å². The zero-order valence-corrected chi connectivity index (χ0v) is 12.3. The molecule has 2 fully saturated rings. The summed E-state index contributed by atoms with van der Waals surface area (Å²) < 4.78 is 5.42. The summed E-state index contributed by atoms with van der Waals surface area (Å²) in [5.41, 5.74) is 0. The Labute approximate surface area is 116 Å². The van der Waals surface area contributed by atoms with Gasteiger partial charge in [0, 0.05) is 12.1 Å². The Morgan fingerprint density at radius 3 is 2.63 bits per heavy atom. The maximum absolute atomic E-state index is 12.4. The van der Waals surface area contributed by atoms with Gasteiger partial charge in [-0.3, -0.25) is 4.79 Å². The fraction of sp³-hybridized carbons (Fsp3) is 0.933. The van der Waals surface area contributed by atoms with E-state index in [2.05, 4.69) is 17.6 Å². The SMILES string of the molecule is CCC(NC(=O)C1COCC1NC)C1CCCCC1. The van der Waals surface area contributed by atoms with Gasteiger partial charge < -0.3 is 15.4 Å². The van der Waals surface area contributed by atoms with Crippen molar-refractivity contribution < 1.29 is 9.53 Å². The molecule has 0 aromatic heterocycles. The first-order valence-corrected chi connectivity index (χ1v) is 7.81. The third-order valence-electron chi connectivity index (χ3n) is 4.77. The standard InChI is InChI=1S/C15H28N2O2/c1-3-13(11-7-5-4-6-8-11)17-15(18)12-9-19-10-14(12)16-2/h11-14,16H,3-10H2,1-2H3,(H,17,18). The Morgan fingerprint density at radius 2 is 2.00 bits per heavy atom. The Bertz CT molecular complexity index is 290. The van der Waals surface area contributed by atoms with E-state index >= 15 is 0 Å². The summed E-state index contributed by atoms with van der Waals surface area (Å²) in [7, 11) is 1.90. The van der Waals surface area contributed by atoms with Gasteiger partial charge in [0.1, 0.15) is 0 Å². The molecule has 1 saturated carbocycles. The van der Waals surface area contributed by atoms with Crippen LogP contribution in [-0.2, 0) is 9.53 Å². The number of carbonyl (C=O) groups excluding carboxylic acids is 1. The van der Waals surface area contributed by atoms with E-state index in [1.807, 2.05) is 7.05 Å². The van der Waals surface area contributed by atoms with Gasteiger partial charge in [-0.1, -0.05) is 26.2 Å². The Kier molecular flexibility index (Phi) is 5.64. The quantitative estimate of drug-likeness (QED) is 0.798. The highest BCUT2D eigenvalue weighted by Crippen LogP contribution is 2.28. The zero-order valence-electron chi connectivity index (χ0n) is 12.3. The minimum absolute atomic E-state index is 0.0253. The summed E-state index contributed by atoms with van der Waals surface area (Å²) in [6.45, 7) is 3.38. The Balaban J connectivity index is 1.88. The summed E-state index contributed by atoms with van der Waals surface area (Å²) in [6, 6.07) is 0.523. The highest BCUT2D eigenvalue weighted by Gasteiger charge is 2.34. The van der Waals surface area contributed by atoms with Crippen molar-refractivity contribution in [3.8, 4) is 0 Å². The number of likely N-dealkylation sites (N-methyl/N-ethyl adjacent to an activating group) is 1. The summed E-state index contributed by atoms with van der Waals surface area (Å²) in [6.07, 6.45) is 7.59. The highest BCUT2D eigenvalue weighted by atomic mass is 16.5. The molecule has 0 aromatic rings. The van der Waals surface area contributed by atoms with Crippen LogP contribution in [0.25, 0.3) is 0 Å². The Morgan fingerprint density at radius 1 is 1.26 bits per heavy atom. The monoisotopic (exact) mass is 268 g/mol. The van der Waals surface area contributed by atoms with E-state index in [0.29, 0.717) is 25.2 Å². The molecule has 110 valence electrons. The van der Waals surface area contributed by atoms with Crippen LogP contribution < -0.4 is 10.6 Å². The van der Waals surface area contributed by atoms with Crippen LogP contribution in [0.3, 0.4) is 0 Å². The molecule has 0 radical (unpaired) electrons. The molecule has 0 bridgehead atoms. The van der Waals surface area contributed by atoms with E-state index in [4.69, 9.17) is 4.74 Å². The Hall–Kier alpha value is -0.610. The third-order valence-corrected chi connectivity index (χ3v) is 4.77. The average Bonchev–Trinajstić information content (AvgIpc) is 2.94. The molecule has 4 nitrogen and oxygen atoms in total. The lowest BCUT2D eigenvalue weighted by atomic mass is 9.82. The third kappa shape index (κ3) is 3.69. The van der Waals surface area contributed by atoms with Gasteiger partial charge in [0.2, 0.25) is 5.91 Å². The van der Waals surface area contributed by atoms with Crippen molar-refractivity contribution in [2.75, 3.05) is 20.3 Å². The largest absolute Gasteiger partial charge is 0.379 e. The molecule has 1 saturated heterocycles. The second-order valence-electron chi connectivity index (χ2n) is 5.96. The minimum Gasteiger partial charge on any atom is -0.379 e. The van der Waals surface area contributed by atoms with Crippen molar-refractivity contribution >= 4 is 5.91 Å². The van der Waals surface area contributed by atoms with E-state index in [0.717, 1.165) is 6.42 Å². The molecular weight excluding hydrogens is 240 g/mol. The molecule has 1 aliphatic carbocycles. The second-order valence-corrected chi connectivity index (χ2v) is 5.96. The molecule has 1 heterocycles. The van der Waals surface area contributed by atoms with Crippen LogP contribution in [-0.4, -0.2) is 38.3 Å². The lowest BCUT2D eigenvalue weighted by Crippen LogP contribution is -2.48. The van der Waals surface area contributed by atoms with Crippen molar-refractivity contribution in [1.82, 2.24) is 10.6 Å². The summed E-state index contributed by atoms with van der Waals surface area (Å²) in [5.74, 6) is 0.829. The predicted octanol–water partition coefficient (Wildman–Crippen LogP) is 1.70. The van der Waals surface area contributed by atoms with Crippen LogP contribution in [0.1, 0.15) is 45.4 Å². The van der Waals surface area contributed by atoms with Crippen LogP contribution in [0.5, 0.6) is 0 Å². The van der Waals surface area contributed by atoms with Gasteiger partial charge in [0.05, 0.1) is 19.1 Å². The van der Waals surface area contributed by atoms with Crippen LogP contribution in [0.15, 0.2) is 0 Å². The van der Waals surface area contributed by atoms with Crippen molar-refractivity contribution in [2.24, 2.45) is 11.8 Å². The van der Waals surface area contributed by atoms with E-state index in [1.54, 1.807) is 0 Å². The lowest BCUT2D eigenvalue weighted by Gasteiger charge is -2.31.